The summed E-state index contributed by atoms with van der Waals surface area (Å²) in [7, 11) is 6.39. The average Bonchev–Trinajstić information content (AvgIpc) is 1.67. The number of carbonyl (C=O) groups is 9. The van der Waals surface area contributed by atoms with Crippen LogP contribution >= 0.6 is 22.5 Å². The zero-order valence-corrected chi connectivity index (χ0v) is 80.4. The van der Waals surface area contributed by atoms with Gasteiger partial charge in [0.05, 0.1) is 116 Å². The molecule has 35 nitrogen and oxygen atoms in total. The standard InChI is InChI=1S/C74H133N3O27.C18H33NO4S2/c1-52-64(87)67(90)57(49-78)102-70(52)98-39-20-27-55(81)26-14-8-5-13-19-38-77-73(93)101-44-25-35-74(48-56(82)32-45-95-47-46-94-4,33-23-42-96-62(85)30-15-9-6-11-17-36-75-60(83)28-21-40-99-71-53(2)65(88)68(91)58(50-79)103-71)34-24-43-97-63(86)31-16-10-7-12-18-37-76-61(84)29-22-41-100-72-54(3)66(89)69(92)59(51-80)104-72;1-18(2,25-24)10-9-15(20)7-5-6-8-17(21)19-12-16(23-4)11-14(19)13-22-3/h52-54,57-59,64-72,78-80,87-92H,5-51H2,1-4H3,(H,75,83)(H,76,84)(H,77,93);14,16,24H,5-13H2,1-4H3/t;14-,16+/m.1/s1. The van der Waals surface area contributed by atoms with E-state index in [1.54, 1.807) is 42.1 Å². The number of esters is 2. The van der Waals surface area contributed by atoms with Crippen LogP contribution in [0.4, 0.5) is 4.79 Å². The fourth-order valence-corrected chi connectivity index (χ4v) is 16.5. The van der Waals surface area contributed by atoms with E-state index in [1.807, 2.05) is 4.90 Å². The van der Waals surface area contributed by atoms with Crippen molar-refractivity contribution < 1.29 is 151 Å². The lowest BCUT2D eigenvalue weighted by molar-refractivity contribution is -0.282. The highest BCUT2D eigenvalue weighted by atomic mass is 33.1. The van der Waals surface area contributed by atoms with Crippen LogP contribution in [0.15, 0.2) is 0 Å². The van der Waals surface area contributed by atoms with Gasteiger partial charge in [0.1, 0.15) is 54.0 Å². The second-order valence-corrected chi connectivity index (χ2v) is 37.5. The molecule has 4 fully saturated rings. The van der Waals surface area contributed by atoms with E-state index in [0.29, 0.717) is 149 Å². The Bertz CT molecular complexity index is 2800. The number of hydrogen-bond acceptors (Lipinski definition) is 33. The molecule has 0 aliphatic carbocycles. The summed E-state index contributed by atoms with van der Waals surface area (Å²) >= 11 is 4.24. The van der Waals surface area contributed by atoms with Crippen LogP contribution in [0, 0.1) is 23.2 Å². The van der Waals surface area contributed by atoms with E-state index >= 15 is 0 Å². The summed E-state index contributed by atoms with van der Waals surface area (Å²) in [6.07, 6.45) is 10.3. The number of methoxy groups -OCH3 is 3. The van der Waals surface area contributed by atoms with Crippen molar-refractivity contribution in [3.63, 3.8) is 0 Å². The van der Waals surface area contributed by atoms with E-state index in [1.165, 1.54) is 10.8 Å². The molecule has 0 bridgehead atoms. The first-order valence-electron chi connectivity index (χ1n) is 47.7. The monoisotopic (exact) mass is 1890 g/mol. The molecule has 0 aromatic heterocycles. The molecule has 17 atom stereocenters. The van der Waals surface area contributed by atoms with E-state index in [0.717, 1.165) is 109 Å². The van der Waals surface area contributed by atoms with Crippen molar-refractivity contribution in [2.24, 2.45) is 23.2 Å². The minimum absolute atomic E-state index is 0.0200. The summed E-state index contributed by atoms with van der Waals surface area (Å²) in [5.41, 5.74) is -0.619. The first-order valence-corrected chi connectivity index (χ1v) is 49.5. The largest absolute Gasteiger partial charge is 0.466 e. The zero-order valence-electron chi connectivity index (χ0n) is 78.7. The molecule has 0 radical (unpaired) electrons. The second-order valence-electron chi connectivity index (χ2n) is 35.6. The van der Waals surface area contributed by atoms with Crippen LogP contribution in [0.3, 0.4) is 0 Å². The molecule has 4 aliphatic heterocycles. The fraction of sp³-hybridized carbons (Fsp3) is 0.902. The molecule has 0 spiro atoms. The molecule has 37 heteroatoms. The van der Waals surface area contributed by atoms with E-state index in [9.17, 15) is 89.1 Å². The molecule has 15 unspecified atom stereocenters. The van der Waals surface area contributed by atoms with Crippen molar-refractivity contribution in [1.82, 2.24) is 20.9 Å². The number of carbonyl (C=O) groups excluding carboxylic acids is 9. The van der Waals surface area contributed by atoms with Gasteiger partial charge in [-0.15, -0.1) is 11.7 Å². The Morgan fingerprint density at radius 3 is 1.24 bits per heavy atom. The third kappa shape index (κ3) is 51.4. The predicted octanol–water partition coefficient (Wildman–Crippen LogP) is 8.09. The molecule has 4 rings (SSSR count). The topological polar surface area (TPSA) is 495 Å². The number of unbranched alkanes of at least 4 members (excludes halogenated alkanes) is 13. The van der Waals surface area contributed by atoms with Gasteiger partial charge >= 0.3 is 18.0 Å². The number of ether oxygens (including phenoxy) is 13. The van der Waals surface area contributed by atoms with Gasteiger partial charge in [0.2, 0.25) is 17.7 Å². The van der Waals surface area contributed by atoms with Crippen LogP contribution in [-0.4, -0.2) is 328 Å². The summed E-state index contributed by atoms with van der Waals surface area (Å²) in [6, 6.07) is 0.102. The molecule has 0 aromatic rings. The third-order valence-electron chi connectivity index (χ3n) is 24.3. The van der Waals surface area contributed by atoms with Gasteiger partial charge in [0.15, 0.2) is 18.9 Å². The smallest absolute Gasteiger partial charge is 0.407 e. The van der Waals surface area contributed by atoms with Gasteiger partial charge in [-0.05, 0) is 141 Å². The Hall–Kier alpha value is -4.43. The Morgan fingerprint density at radius 2 is 0.806 bits per heavy atom. The van der Waals surface area contributed by atoms with Crippen LogP contribution in [0.5, 0.6) is 0 Å². The molecule has 4 heterocycles. The van der Waals surface area contributed by atoms with Gasteiger partial charge in [0, 0.05) is 141 Å². The van der Waals surface area contributed by atoms with Crippen LogP contribution in [-0.2, 0) is 99.9 Å². The Balaban J connectivity index is 0.00000147. The molecule has 4 aliphatic rings. The predicted molar refractivity (Wildman–Crippen MR) is 485 cm³/mol. The van der Waals surface area contributed by atoms with Crippen molar-refractivity contribution in [3.8, 4) is 0 Å². The fourth-order valence-electron chi connectivity index (χ4n) is 16.0. The van der Waals surface area contributed by atoms with Gasteiger partial charge in [-0.2, -0.15) is 0 Å². The number of nitrogens with zero attached hydrogens (tertiary/aromatic N) is 1. The quantitative estimate of drug-likeness (QED) is 0.00899. The molecule has 0 saturated carbocycles. The van der Waals surface area contributed by atoms with E-state index in [4.69, 9.17) is 61.6 Å². The summed E-state index contributed by atoms with van der Waals surface area (Å²) in [5, 5.41) is 97.9. The number of hydrogen-bond donors (Lipinski definition) is 13. The third-order valence-corrected chi connectivity index (χ3v) is 26.5. The summed E-state index contributed by atoms with van der Waals surface area (Å²) in [4.78, 5) is 116. The SMILES string of the molecule is COCCOCCC(=O)CC(CCCOC(=O)CCCCCCCNC(=O)CCCOC1OC(CO)C(O)C(O)C1C)(CCCOC(=O)CCCCCCCNC(=O)CCCOC1OC(CO)C(O)C(O)C1C)CCCOC(=O)NCCCCCCCC(=O)CCCOC1OC(CO)C(O)C(O)C1C.COC[C@H]1C[C@H](OC)CN1C(=O)CCCCC(=O)CCC(C)(C)SS. The highest BCUT2D eigenvalue weighted by Gasteiger charge is 2.46. The minimum atomic E-state index is -1.21. The first-order chi connectivity index (χ1) is 61.9. The number of alkyl carbamates (subject to hydrolysis) is 1. The molecule has 752 valence electrons. The van der Waals surface area contributed by atoms with Crippen molar-refractivity contribution in [2.75, 3.05) is 133 Å². The van der Waals surface area contributed by atoms with Gasteiger partial charge in [-0.25, -0.2) is 4.79 Å². The highest BCUT2D eigenvalue weighted by Crippen LogP contribution is 2.40. The lowest BCUT2D eigenvalue weighted by atomic mass is 9.71. The number of likely N-dealkylation sites (tertiary alicyclic amines) is 1. The molecular weight excluding hydrogens is 1720 g/mol. The van der Waals surface area contributed by atoms with Crippen LogP contribution in [0.25, 0.3) is 0 Å². The van der Waals surface area contributed by atoms with Crippen LogP contribution in [0.2, 0.25) is 0 Å². The number of aliphatic hydroxyl groups is 9. The van der Waals surface area contributed by atoms with Gasteiger partial charge in [-0.1, -0.05) is 89.4 Å². The zero-order chi connectivity index (χ0) is 95.2. The number of nitrogens with one attached hydrogen (secondary N) is 3. The Labute approximate surface area is 775 Å². The van der Waals surface area contributed by atoms with Gasteiger partial charge < -0.3 is 128 Å². The van der Waals surface area contributed by atoms with Crippen molar-refractivity contribution in [3.05, 3.63) is 0 Å². The molecule has 4 amide bonds. The number of aliphatic hydroxyl groups excluding tert-OH is 9. The Morgan fingerprint density at radius 1 is 0.411 bits per heavy atom. The first kappa shape index (κ1) is 119. The van der Waals surface area contributed by atoms with Crippen LogP contribution in [0.1, 0.15) is 285 Å². The molecule has 0 aromatic carbocycles. The molecule has 4 saturated heterocycles. The minimum Gasteiger partial charge on any atom is -0.466 e. The van der Waals surface area contributed by atoms with E-state index < -0.39 is 123 Å². The van der Waals surface area contributed by atoms with Crippen molar-refractivity contribution >= 4 is 75.6 Å². The highest BCUT2D eigenvalue weighted by molar-refractivity contribution is 8.69. The second kappa shape index (κ2) is 71.1. The normalized spacial score (nSPS) is 24.5. The van der Waals surface area contributed by atoms with Crippen molar-refractivity contribution in [1.29, 1.82) is 0 Å². The number of rotatable bonds is 74. The number of amides is 4. The number of Topliss-reactive ketones (excluding diaryl/α,β-unsaturated/α-hetero) is 3. The maximum absolute atomic E-state index is 13.8. The van der Waals surface area contributed by atoms with Gasteiger partial charge in [0.25, 0.3) is 0 Å². The summed E-state index contributed by atoms with van der Waals surface area (Å²) in [6.45, 7) is 12.4. The lowest BCUT2D eigenvalue weighted by Gasteiger charge is -2.40. The molecule has 129 heavy (non-hydrogen) atoms. The molecular formula is C92H166N4O31S2. The number of ketones is 3. The number of thiol groups is 1. The van der Waals surface area contributed by atoms with Crippen molar-refractivity contribution in [2.45, 2.75) is 376 Å². The maximum atomic E-state index is 13.8. The van der Waals surface area contributed by atoms with E-state index in [2.05, 4.69) is 41.5 Å². The maximum Gasteiger partial charge on any atom is 0.407 e. The molecule has 12 N–H and O–H groups in total. The Kier molecular flexibility index (Phi) is 65.5. The summed E-state index contributed by atoms with van der Waals surface area (Å²) < 4.78 is 72.2. The van der Waals surface area contributed by atoms with E-state index in [-0.39, 0.29) is 149 Å². The van der Waals surface area contributed by atoms with Crippen LogP contribution < -0.4 is 16.0 Å². The van der Waals surface area contributed by atoms with Gasteiger partial charge in [-0.3, -0.25) is 38.4 Å². The average molecular weight is 1890 g/mol. The summed E-state index contributed by atoms with van der Waals surface area (Å²) in [5.74, 6) is -1.91. The lowest BCUT2D eigenvalue weighted by Crippen LogP contribution is -2.55.